The van der Waals surface area contributed by atoms with Gasteiger partial charge in [-0.15, -0.1) is 0 Å². The molecule has 0 spiro atoms. The molecule has 3 rings (SSSR count). The lowest BCUT2D eigenvalue weighted by Gasteiger charge is -2.09. The van der Waals surface area contributed by atoms with Crippen LogP contribution in [0.4, 0.5) is 14.5 Å². The molecule has 8 heteroatoms. The van der Waals surface area contributed by atoms with Gasteiger partial charge in [0.05, 0.1) is 17.7 Å². The van der Waals surface area contributed by atoms with E-state index in [1.54, 1.807) is 24.3 Å². The van der Waals surface area contributed by atoms with Crippen molar-refractivity contribution >= 4 is 23.2 Å². The number of amides is 1. The fourth-order valence-electron chi connectivity index (χ4n) is 2.26. The molecule has 1 N–H and O–H groups in total. The van der Waals surface area contributed by atoms with Crippen molar-refractivity contribution in [3.8, 4) is 11.3 Å². The van der Waals surface area contributed by atoms with Crippen LogP contribution in [0, 0.1) is 11.6 Å². The van der Waals surface area contributed by atoms with Crippen LogP contribution in [0.3, 0.4) is 0 Å². The number of nitrogens with one attached hydrogen (secondary N) is 1. The number of halogens is 3. The quantitative estimate of drug-likeness (QED) is 0.759. The average molecular weight is 376 g/mol. The first-order valence-corrected chi connectivity index (χ1v) is 7.87. The van der Waals surface area contributed by atoms with Crippen LogP contribution in [0.2, 0.25) is 5.02 Å². The number of aromatic nitrogens is 2. The molecule has 0 saturated heterocycles. The Kier molecular flexibility index (Phi) is 5.09. The standard InChI is InChI=1S/C18H12ClF2N3O2/c19-12-3-1-11(2-4-12)16-8-18(26)24(10-22-16)9-17(25)23-15-6-5-13(20)7-14(15)21/h1-8,10H,9H2,(H,23,25). The number of anilines is 1. The first-order chi connectivity index (χ1) is 12.4. The zero-order valence-electron chi connectivity index (χ0n) is 13.2. The van der Waals surface area contributed by atoms with Crippen LogP contribution in [0.15, 0.2) is 59.7 Å². The maximum absolute atomic E-state index is 13.6. The number of carbonyl (C=O) groups excluding carboxylic acids is 1. The second-order valence-electron chi connectivity index (χ2n) is 5.42. The summed E-state index contributed by atoms with van der Waals surface area (Å²) in [6.45, 7) is -0.358. The zero-order valence-corrected chi connectivity index (χ0v) is 14.0. The summed E-state index contributed by atoms with van der Waals surface area (Å²) in [5.74, 6) is -2.29. The van der Waals surface area contributed by atoms with Crippen LogP contribution in [0.25, 0.3) is 11.3 Å². The first kappa shape index (κ1) is 17.8. The number of hydrogen-bond acceptors (Lipinski definition) is 3. The summed E-state index contributed by atoms with van der Waals surface area (Å²) in [7, 11) is 0. The van der Waals surface area contributed by atoms with Crippen LogP contribution < -0.4 is 10.9 Å². The molecule has 1 amide bonds. The van der Waals surface area contributed by atoms with Crippen molar-refractivity contribution in [2.45, 2.75) is 6.54 Å². The van der Waals surface area contributed by atoms with Gasteiger partial charge in [-0.05, 0) is 24.3 Å². The summed E-state index contributed by atoms with van der Waals surface area (Å²) in [6.07, 6.45) is 1.23. The highest BCUT2D eigenvalue weighted by Gasteiger charge is 2.10. The van der Waals surface area contributed by atoms with Gasteiger partial charge in [-0.25, -0.2) is 13.8 Å². The van der Waals surface area contributed by atoms with Crippen molar-refractivity contribution < 1.29 is 13.6 Å². The lowest BCUT2D eigenvalue weighted by Crippen LogP contribution is -2.27. The lowest BCUT2D eigenvalue weighted by atomic mass is 10.1. The van der Waals surface area contributed by atoms with Gasteiger partial charge in [0.15, 0.2) is 0 Å². The Balaban J connectivity index is 1.74. The Labute approximate surface area is 151 Å². The molecule has 0 atom stereocenters. The Morgan fingerprint density at radius 1 is 1.12 bits per heavy atom. The van der Waals surface area contributed by atoms with Crippen molar-refractivity contribution in [1.82, 2.24) is 9.55 Å². The van der Waals surface area contributed by atoms with E-state index in [2.05, 4.69) is 10.3 Å². The van der Waals surface area contributed by atoms with Crippen LogP contribution >= 0.6 is 11.6 Å². The maximum Gasteiger partial charge on any atom is 0.254 e. The monoisotopic (exact) mass is 375 g/mol. The Morgan fingerprint density at radius 3 is 2.50 bits per heavy atom. The van der Waals surface area contributed by atoms with Gasteiger partial charge in [0.1, 0.15) is 18.2 Å². The predicted octanol–water partition coefficient (Wildman–Crippen LogP) is 3.48. The van der Waals surface area contributed by atoms with Gasteiger partial charge in [-0.3, -0.25) is 14.2 Å². The van der Waals surface area contributed by atoms with Gasteiger partial charge < -0.3 is 5.32 Å². The predicted molar refractivity (Wildman–Crippen MR) is 93.9 cm³/mol. The number of rotatable bonds is 4. The van der Waals surface area contributed by atoms with E-state index in [1.165, 1.54) is 12.4 Å². The molecule has 0 bridgehead atoms. The molecular formula is C18H12ClF2N3O2. The van der Waals surface area contributed by atoms with E-state index in [9.17, 15) is 18.4 Å². The molecule has 132 valence electrons. The molecule has 1 aromatic heterocycles. The highest BCUT2D eigenvalue weighted by atomic mass is 35.5. The van der Waals surface area contributed by atoms with E-state index in [4.69, 9.17) is 11.6 Å². The van der Waals surface area contributed by atoms with Gasteiger partial charge in [-0.2, -0.15) is 0 Å². The minimum atomic E-state index is -0.901. The van der Waals surface area contributed by atoms with E-state index < -0.39 is 23.1 Å². The van der Waals surface area contributed by atoms with Crippen molar-refractivity contribution in [3.63, 3.8) is 0 Å². The van der Waals surface area contributed by atoms with Gasteiger partial charge in [-0.1, -0.05) is 23.7 Å². The van der Waals surface area contributed by atoms with Gasteiger partial charge >= 0.3 is 0 Å². The summed E-state index contributed by atoms with van der Waals surface area (Å²) >= 11 is 5.82. The van der Waals surface area contributed by atoms with Crippen molar-refractivity contribution in [3.05, 3.63) is 81.9 Å². The highest BCUT2D eigenvalue weighted by Crippen LogP contribution is 2.18. The second kappa shape index (κ2) is 7.45. The first-order valence-electron chi connectivity index (χ1n) is 7.50. The number of benzene rings is 2. The Hall–Kier alpha value is -3.06. The molecule has 3 aromatic rings. The van der Waals surface area contributed by atoms with Crippen molar-refractivity contribution in [2.24, 2.45) is 0 Å². The fourth-order valence-corrected chi connectivity index (χ4v) is 2.38. The molecule has 1 heterocycles. The largest absolute Gasteiger partial charge is 0.322 e. The molecule has 26 heavy (non-hydrogen) atoms. The van der Waals surface area contributed by atoms with Crippen LogP contribution in [0.1, 0.15) is 0 Å². The SMILES string of the molecule is O=C(Cn1cnc(-c2ccc(Cl)cc2)cc1=O)Nc1ccc(F)cc1F. The van der Waals surface area contributed by atoms with Crippen LogP contribution in [-0.4, -0.2) is 15.5 Å². The van der Waals surface area contributed by atoms with Crippen LogP contribution in [-0.2, 0) is 11.3 Å². The Morgan fingerprint density at radius 2 is 1.85 bits per heavy atom. The topological polar surface area (TPSA) is 64.0 Å². The smallest absolute Gasteiger partial charge is 0.254 e. The third-order valence-corrected chi connectivity index (χ3v) is 3.79. The van der Waals surface area contributed by atoms with E-state index in [-0.39, 0.29) is 12.2 Å². The Bertz CT molecular complexity index is 1020. The summed E-state index contributed by atoms with van der Waals surface area (Å²) in [5.41, 5.74) is 0.527. The summed E-state index contributed by atoms with van der Waals surface area (Å²) < 4.78 is 27.5. The number of carbonyl (C=O) groups is 1. The maximum atomic E-state index is 13.6. The molecule has 5 nitrogen and oxygen atoms in total. The van der Waals surface area contributed by atoms with Crippen LogP contribution in [0.5, 0.6) is 0 Å². The highest BCUT2D eigenvalue weighted by molar-refractivity contribution is 6.30. The minimum Gasteiger partial charge on any atom is -0.322 e. The lowest BCUT2D eigenvalue weighted by molar-refractivity contribution is -0.116. The molecule has 0 radical (unpaired) electrons. The second-order valence-corrected chi connectivity index (χ2v) is 5.86. The van der Waals surface area contributed by atoms with Crippen molar-refractivity contribution in [2.75, 3.05) is 5.32 Å². The third-order valence-electron chi connectivity index (χ3n) is 3.54. The van der Waals surface area contributed by atoms with E-state index in [0.717, 1.165) is 16.7 Å². The minimum absolute atomic E-state index is 0.171. The molecule has 0 saturated carbocycles. The molecule has 0 aliphatic carbocycles. The van der Waals surface area contributed by atoms with E-state index in [1.807, 2.05) is 0 Å². The van der Waals surface area contributed by atoms with Crippen molar-refractivity contribution in [1.29, 1.82) is 0 Å². The third kappa shape index (κ3) is 4.12. The van der Waals surface area contributed by atoms with Gasteiger partial charge in [0.25, 0.3) is 5.56 Å². The number of nitrogens with zero attached hydrogens (tertiary/aromatic N) is 2. The fraction of sp³-hybridized carbons (Fsp3) is 0.0556. The summed E-state index contributed by atoms with van der Waals surface area (Å²) in [4.78, 5) is 28.3. The van der Waals surface area contributed by atoms with Gasteiger partial charge in [0.2, 0.25) is 5.91 Å². The zero-order chi connectivity index (χ0) is 18.7. The average Bonchev–Trinajstić information content (AvgIpc) is 2.60. The molecule has 0 aliphatic heterocycles. The van der Waals surface area contributed by atoms with E-state index in [0.29, 0.717) is 22.3 Å². The molecule has 0 aliphatic rings. The molecule has 2 aromatic carbocycles. The summed E-state index contributed by atoms with van der Waals surface area (Å²) in [5, 5.41) is 2.84. The molecule has 0 unspecified atom stereocenters. The normalized spacial score (nSPS) is 10.6. The van der Waals surface area contributed by atoms with E-state index >= 15 is 0 Å². The summed E-state index contributed by atoms with van der Waals surface area (Å²) in [6, 6.07) is 10.9. The number of hydrogen-bond donors (Lipinski definition) is 1. The molecular weight excluding hydrogens is 364 g/mol. The van der Waals surface area contributed by atoms with Gasteiger partial charge in [0, 0.05) is 22.7 Å². The molecule has 0 fully saturated rings.